The van der Waals surface area contributed by atoms with E-state index in [2.05, 4.69) is 4.98 Å². The third kappa shape index (κ3) is 3.29. The van der Waals surface area contributed by atoms with Gasteiger partial charge < -0.3 is 4.42 Å². The molecule has 0 spiro atoms. The van der Waals surface area contributed by atoms with E-state index in [0.29, 0.717) is 28.0 Å². The summed E-state index contributed by atoms with van der Waals surface area (Å²) in [6.45, 7) is 0.304. The lowest BCUT2D eigenvalue weighted by molar-refractivity contribution is 0.0983. The van der Waals surface area contributed by atoms with Crippen molar-refractivity contribution in [3.63, 3.8) is 0 Å². The van der Waals surface area contributed by atoms with Crippen LogP contribution in [0.3, 0.4) is 0 Å². The molecular formula is C19H13ClN2O2S. The van der Waals surface area contributed by atoms with E-state index in [1.807, 2.05) is 30.3 Å². The summed E-state index contributed by atoms with van der Waals surface area (Å²) in [5.41, 5.74) is 1.38. The van der Waals surface area contributed by atoms with Crippen molar-refractivity contribution in [2.24, 2.45) is 0 Å². The summed E-state index contributed by atoms with van der Waals surface area (Å²) >= 11 is 7.52. The maximum atomic E-state index is 13.1. The smallest absolute Gasteiger partial charge is 0.260 e. The molecule has 0 aliphatic rings. The molecule has 2 heterocycles. The standard InChI is InChI=1S/C19H13ClN2O2S/c20-14-6-3-5-13(11-14)18(23)22(12-15-7-4-10-24-15)19-21-16-8-1-2-9-17(16)25-19/h1-11H,12H2. The van der Waals surface area contributed by atoms with E-state index in [0.717, 1.165) is 10.2 Å². The minimum absolute atomic E-state index is 0.169. The number of hydrogen-bond acceptors (Lipinski definition) is 4. The Hall–Kier alpha value is -2.63. The van der Waals surface area contributed by atoms with Crippen molar-refractivity contribution in [3.8, 4) is 0 Å². The second-order valence-electron chi connectivity index (χ2n) is 5.45. The maximum absolute atomic E-state index is 13.1. The molecular weight excluding hydrogens is 356 g/mol. The zero-order chi connectivity index (χ0) is 17.2. The van der Waals surface area contributed by atoms with Gasteiger partial charge >= 0.3 is 0 Å². The molecule has 0 radical (unpaired) electrons. The van der Waals surface area contributed by atoms with Gasteiger partial charge in [0.25, 0.3) is 5.91 Å². The van der Waals surface area contributed by atoms with Gasteiger partial charge in [0.05, 0.1) is 23.0 Å². The number of benzene rings is 2. The van der Waals surface area contributed by atoms with Crippen molar-refractivity contribution in [2.75, 3.05) is 4.90 Å². The number of rotatable bonds is 4. The van der Waals surface area contributed by atoms with Crippen molar-refractivity contribution in [1.82, 2.24) is 4.98 Å². The van der Waals surface area contributed by atoms with Gasteiger partial charge in [-0.2, -0.15) is 0 Å². The number of para-hydroxylation sites is 1. The molecule has 4 aromatic rings. The summed E-state index contributed by atoms with van der Waals surface area (Å²) in [6, 6.07) is 18.4. The largest absolute Gasteiger partial charge is 0.467 e. The third-order valence-corrected chi connectivity index (χ3v) is 5.02. The minimum Gasteiger partial charge on any atom is -0.467 e. The zero-order valence-corrected chi connectivity index (χ0v) is 14.6. The summed E-state index contributed by atoms with van der Waals surface area (Å²) in [6.07, 6.45) is 1.59. The number of carbonyl (C=O) groups is 1. The highest BCUT2D eigenvalue weighted by Gasteiger charge is 2.22. The van der Waals surface area contributed by atoms with Crippen LogP contribution in [-0.2, 0) is 6.54 Å². The molecule has 2 aromatic heterocycles. The van der Waals surface area contributed by atoms with E-state index >= 15 is 0 Å². The molecule has 0 aliphatic heterocycles. The highest BCUT2D eigenvalue weighted by atomic mass is 35.5. The van der Waals surface area contributed by atoms with Gasteiger partial charge in [-0.25, -0.2) is 4.98 Å². The van der Waals surface area contributed by atoms with E-state index in [1.54, 1.807) is 41.5 Å². The van der Waals surface area contributed by atoms with E-state index in [9.17, 15) is 4.79 Å². The van der Waals surface area contributed by atoms with Gasteiger partial charge in [-0.3, -0.25) is 9.69 Å². The van der Waals surface area contributed by atoms with Gasteiger partial charge in [0.15, 0.2) is 5.13 Å². The van der Waals surface area contributed by atoms with E-state index in [-0.39, 0.29) is 5.91 Å². The van der Waals surface area contributed by atoms with E-state index < -0.39 is 0 Å². The van der Waals surface area contributed by atoms with Crippen LogP contribution in [0.15, 0.2) is 71.3 Å². The summed E-state index contributed by atoms with van der Waals surface area (Å²) in [5.74, 6) is 0.521. The predicted octanol–water partition coefficient (Wildman–Crippen LogP) is 5.39. The van der Waals surface area contributed by atoms with Crippen LogP contribution in [0.2, 0.25) is 5.02 Å². The molecule has 124 valence electrons. The van der Waals surface area contributed by atoms with Crippen LogP contribution in [0.1, 0.15) is 16.1 Å². The van der Waals surface area contributed by atoms with E-state index in [4.69, 9.17) is 16.0 Å². The van der Waals surface area contributed by atoms with Crippen molar-refractivity contribution in [1.29, 1.82) is 0 Å². The molecule has 2 aromatic carbocycles. The number of amides is 1. The SMILES string of the molecule is O=C(c1cccc(Cl)c1)N(Cc1ccco1)c1nc2ccccc2s1. The lowest BCUT2D eigenvalue weighted by atomic mass is 10.2. The molecule has 0 fully saturated rings. The Kier molecular flexibility index (Phi) is 4.26. The highest BCUT2D eigenvalue weighted by molar-refractivity contribution is 7.22. The van der Waals surface area contributed by atoms with Crippen LogP contribution in [0.25, 0.3) is 10.2 Å². The molecule has 0 saturated carbocycles. The lowest BCUT2D eigenvalue weighted by Crippen LogP contribution is -2.30. The second kappa shape index (κ2) is 6.70. The van der Waals surface area contributed by atoms with Crippen LogP contribution < -0.4 is 4.90 Å². The van der Waals surface area contributed by atoms with Gasteiger partial charge in [0.1, 0.15) is 5.76 Å². The van der Waals surface area contributed by atoms with Gasteiger partial charge in [-0.05, 0) is 42.5 Å². The number of nitrogens with zero attached hydrogens (tertiary/aromatic N) is 2. The monoisotopic (exact) mass is 368 g/mol. The average molecular weight is 369 g/mol. The van der Waals surface area contributed by atoms with Crippen LogP contribution in [0.5, 0.6) is 0 Å². The molecule has 0 unspecified atom stereocenters. The normalized spacial score (nSPS) is 10.9. The Morgan fingerprint density at radius 1 is 1.12 bits per heavy atom. The first-order chi connectivity index (χ1) is 12.2. The number of thiazole rings is 1. The molecule has 25 heavy (non-hydrogen) atoms. The number of furan rings is 1. The Bertz CT molecular complexity index is 994. The third-order valence-electron chi connectivity index (χ3n) is 3.72. The number of carbonyl (C=O) groups excluding carboxylic acids is 1. The fourth-order valence-corrected chi connectivity index (χ4v) is 3.69. The molecule has 4 rings (SSSR count). The first kappa shape index (κ1) is 15.9. The van der Waals surface area contributed by atoms with Crippen molar-refractivity contribution in [3.05, 3.63) is 83.3 Å². The Labute approximate surface area is 153 Å². The Balaban J connectivity index is 1.76. The van der Waals surface area contributed by atoms with Gasteiger partial charge in [0.2, 0.25) is 0 Å². The predicted molar refractivity (Wildman–Crippen MR) is 100 cm³/mol. The van der Waals surface area contributed by atoms with Crippen molar-refractivity contribution in [2.45, 2.75) is 6.54 Å². The summed E-state index contributed by atoms with van der Waals surface area (Å²) in [4.78, 5) is 19.3. The number of fused-ring (bicyclic) bond motifs is 1. The van der Waals surface area contributed by atoms with Gasteiger partial charge in [-0.1, -0.05) is 41.1 Å². The fourth-order valence-electron chi connectivity index (χ4n) is 2.54. The van der Waals surface area contributed by atoms with Crippen LogP contribution in [-0.4, -0.2) is 10.9 Å². The van der Waals surface area contributed by atoms with Crippen LogP contribution in [0, 0.1) is 0 Å². The Morgan fingerprint density at radius 3 is 2.76 bits per heavy atom. The average Bonchev–Trinajstić information content (AvgIpc) is 3.28. The quantitative estimate of drug-likeness (QED) is 0.485. The first-order valence-electron chi connectivity index (χ1n) is 7.66. The fraction of sp³-hybridized carbons (Fsp3) is 0.0526. The number of aromatic nitrogens is 1. The second-order valence-corrected chi connectivity index (χ2v) is 6.89. The van der Waals surface area contributed by atoms with Crippen molar-refractivity contribution < 1.29 is 9.21 Å². The van der Waals surface area contributed by atoms with Crippen LogP contribution >= 0.6 is 22.9 Å². The summed E-state index contributed by atoms with van der Waals surface area (Å²) in [5, 5.41) is 1.15. The zero-order valence-electron chi connectivity index (χ0n) is 13.1. The number of hydrogen-bond donors (Lipinski definition) is 0. The minimum atomic E-state index is -0.169. The highest BCUT2D eigenvalue weighted by Crippen LogP contribution is 2.31. The Morgan fingerprint density at radius 2 is 2.00 bits per heavy atom. The maximum Gasteiger partial charge on any atom is 0.260 e. The molecule has 0 saturated heterocycles. The molecule has 0 bridgehead atoms. The molecule has 0 aliphatic carbocycles. The lowest BCUT2D eigenvalue weighted by Gasteiger charge is -2.18. The number of anilines is 1. The van der Waals surface area contributed by atoms with Gasteiger partial charge in [-0.15, -0.1) is 0 Å². The van der Waals surface area contributed by atoms with Crippen LogP contribution in [0.4, 0.5) is 5.13 Å². The van der Waals surface area contributed by atoms with Gasteiger partial charge in [0, 0.05) is 10.6 Å². The molecule has 1 amide bonds. The number of halogens is 1. The topological polar surface area (TPSA) is 46.3 Å². The summed E-state index contributed by atoms with van der Waals surface area (Å²) in [7, 11) is 0. The van der Waals surface area contributed by atoms with E-state index in [1.165, 1.54) is 11.3 Å². The first-order valence-corrected chi connectivity index (χ1v) is 8.85. The molecule has 0 N–H and O–H groups in total. The molecule has 6 heteroatoms. The molecule has 0 atom stereocenters. The molecule has 4 nitrogen and oxygen atoms in total. The summed E-state index contributed by atoms with van der Waals surface area (Å²) < 4.78 is 6.45. The van der Waals surface area contributed by atoms with Crippen molar-refractivity contribution >= 4 is 44.2 Å².